The number of hydrogen-bond donors (Lipinski definition) is 0. The zero-order valence-corrected chi connectivity index (χ0v) is 43.9. The third-order valence-electron chi connectivity index (χ3n) is 12.7. The van der Waals surface area contributed by atoms with E-state index in [4.69, 9.17) is 51.9 Å². The van der Waals surface area contributed by atoms with Crippen LogP contribution >= 0.6 is 8.25 Å². The summed E-state index contributed by atoms with van der Waals surface area (Å²) in [6.07, 6.45) is -20.0. The summed E-state index contributed by atoms with van der Waals surface area (Å²) in [6, 6.07) is 53.0. The Morgan fingerprint density at radius 3 is 0.890 bits per heavy atom. The van der Waals surface area contributed by atoms with Gasteiger partial charge in [-0.25, -0.2) is 33.6 Å². The molecule has 2 aliphatic rings. The van der Waals surface area contributed by atoms with Crippen molar-refractivity contribution < 1.29 is 94.9 Å². The van der Waals surface area contributed by atoms with E-state index in [-0.39, 0.29) is 38.9 Å². The van der Waals surface area contributed by atoms with Gasteiger partial charge in [-0.3, -0.25) is 0 Å². The van der Waals surface area contributed by atoms with Gasteiger partial charge < -0.3 is 52.3 Å². The summed E-state index contributed by atoms with van der Waals surface area (Å²) in [7, 11) is -3.87. The first-order chi connectivity index (χ1) is 39.9. The Hall–Kier alpha value is -9.27. The van der Waals surface area contributed by atoms with Crippen LogP contribution in [-0.4, -0.2) is 116 Å². The molecule has 11 atom stereocenters. The lowest BCUT2D eigenvalue weighted by atomic mass is 9.95. The minimum atomic E-state index is -3.87. The number of carbonyl (C=O) groups is 7. The molecule has 2 fully saturated rings. The molecule has 9 rings (SSSR count). The maximum atomic E-state index is 14.5. The van der Waals surface area contributed by atoms with Gasteiger partial charge in [-0.05, 0) is 89.5 Å². The quantitative estimate of drug-likeness (QED) is 0.0402. The number of hydrogen-bond acceptors (Lipinski definition) is 20. The van der Waals surface area contributed by atoms with Crippen LogP contribution in [0.1, 0.15) is 72.5 Å². The van der Waals surface area contributed by atoms with Crippen molar-refractivity contribution in [2.45, 2.75) is 61.4 Å². The first-order valence-electron chi connectivity index (χ1n) is 25.4. The Kier molecular flexibility index (Phi) is 19.4. The highest BCUT2D eigenvalue weighted by Crippen LogP contribution is 2.38. The van der Waals surface area contributed by atoms with Crippen molar-refractivity contribution in [1.29, 1.82) is 0 Å². The molecule has 0 aliphatic carbocycles. The van der Waals surface area contributed by atoms with E-state index in [9.17, 15) is 43.0 Å². The molecule has 0 aromatic heterocycles. The molecule has 20 nitrogen and oxygen atoms in total. The SMILES string of the molecule is O=C(OC[C@H]1O[C@@H](O[C@H]2[C@H](OC(=O)c3ccccc3)[C@H](OC(=O)c3ccccc3)[C@@H](O[P+](=O)[O-])O[C@@H]2COC(=O)c2ccccc2)[C@H](OC(=O)c2ccccc2)[C@H](OC(=O)c2ccccc2)[C@H]1OC(=O)c1ccccc1)c1ccccc1. The summed E-state index contributed by atoms with van der Waals surface area (Å²) in [5.41, 5.74) is -0.0494. The molecule has 0 saturated carbocycles. The second-order valence-electron chi connectivity index (χ2n) is 18.1. The van der Waals surface area contributed by atoms with Gasteiger partial charge in [0.25, 0.3) is 6.29 Å². The number of ether oxygens (including phenoxy) is 10. The average molecular weight is 1130 g/mol. The van der Waals surface area contributed by atoms with Gasteiger partial charge in [0.15, 0.2) is 36.8 Å². The van der Waals surface area contributed by atoms with Gasteiger partial charge in [-0.2, -0.15) is 0 Å². The van der Waals surface area contributed by atoms with Gasteiger partial charge in [0, 0.05) is 0 Å². The summed E-state index contributed by atoms with van der Waals surface area (Å²) in [5, 5.41) is 0. The molecule has 2 saturated heterocycles. The van der Waals surface area contributed by atoms with Gasteiger partial charge in [0.2, 0.25) is 0 Å². The van der Waals surface area contributed by atoms with E-state index < -0.39 is 125 Å². The van der Waals surface area contributed by atoms with Crippen LogP contribution in [0.15, 0.2) is 212 Å². The van der Waals surface area contributed by atoms with E-state index >= 15 is 0 Å². The summed E-state index contributed by atoms with van der Waals surface area (Å²) in [6.45, 7) is -1.66. The van der Waals surface area contributed by atoms with Crippen LogP contribution in [0.3, 0.4) is 0 Å². The Morgan fingerprint density at radius 2 is 0.573 bits per heavy atom. The molecule has 0 bridgehead atoms. The molecule has 2 aliphatic heterocycles. The maximum Gasteiger partial charge on any atom is 0.491 e. The first-order valence-corrected chi connectivity index (χ1v) is 26.5. The lowest BCUT2D eigenvalue weighted by Crippen LogP contribution is -2.67. The molecule has 7 aromatic carbocycles. The Bertz CT molecular complexity index is 3310. The molecule has 0 spiro atoms. The summed E-state index contributed by atoms with van der Waals surface area (Å²) < 4.78 is 80.1. The highest BCUT2D eigenvalue weighted by molar-refractivity contribution is 7.30. The van der Waals surface area contributed by atoms with Crippen LogP contribution in [0.4, 0.5) is 0 Å². The zero-order valence-electron chi connectivity index (χ0n) is 43.0. The molecule has 1 unspecified atom stereocenters. The number of carbonyl (C=O) groups excluding carboxylic acids is 7. The van der Waals surface area contributed by atoms with Crippen molar-refractivity contribution in [2.24, 2.45) is 0 Å². The Balaban J connectivity index is 1.21. The second kappa shape index (κ2) is 27.7. The van der Waals surface area contributed by atoms with Gasteiger partial charge in [-0.1, -0.05) is 127 Å². The number of benzene rings is 7. The maximum absolute atomic E-state index is 14.5. The van der Waals surface area contributed by atoms with Crippen molar-refractivity contribution in [3.63, 3.8) is 0 Å². The van der Waals surface area contributed by atoms with Crippen molar-refractivity contribution in [2.75, 3.05) is 13.2 Å². The fourth-order valence-electron chi connectivity index (χ4n) is 8.74. The van der Waals surface area contributed by atoms with Crippen LogP contribution in [0.25, 0.3) is 0 Å². The molecular formula is C61H49O20P. The standard InChI is InChI=1S/C61H49O20P/c62-53(38-22-8-1-9-23-38)71-36-45-47(75-55(64)40-26-12-3-13-27-40)49(76-56(65)41-28-14-4-15-29-41)51(78-58(67)43-32-18-6-19-33-43)60(73-45)80-48-46(37-72-54(63)39-24-10-2-11-25-39)74-61(81-82(69)70)52(79-59(68)44-34-20-7-21-35-44)50(48)77-57(66)42-30-16-5-17-31-42/h1-35,45-52,60-61H,36-37H2/t45-,46-,47+,48-,49-,50+,51-,52+,60+,61-/m1/s1. The summed E-state index contributed by atoms with van der Waals surface area (Å²) >= 11 is 0. The normalized spacial score (nSPS) is 22.2. The lowest BCUT2D eigenvalue weighted by molar-refractivity contribution is -0.351. The highest BCUT2D eigenvalue weighted by Gasteiger charge is 2.59. The van der Waals surface area contributed by atoms with E-state index in [1.165, 1.54) is 121 Å². The molecule has 21 heteroatoms. The van der Waals surface area contributed by atoms with Crippen molar-refractivity contribution in [3.8, 4) is 0 Å². The molecule has 7 aromatic rings. The Labute approximate surface area is 469 Å². The van der Waals surface area contributed by atoms with Crippen molar-refractivity contribution in [3.05, 3.63) is 251 Å². The van der Waals surface area contributed by atoms with E-state index in [1.807, 2.05) is 0 Å². The topological polar surface area (TPSA) is 261 Å². The van der Waals surface area contributed by atoms with Gasteiger partial charge in [-0.15, -0.1) is 4.52 Å². The van der Waals surface area contributed by atoms with Crippen molar-refractivity contribution >= 4 is 50.0 Å². The van der Waals surface area contributed by atoms with Crippen LogP contribution in [0.2, 0.25) is 0 Å². The number of esters is 7. The van der Waals surface area contributed by atoms with E-state index in [1.54, 1.807) is 91.0 Å². The minimum absolute atomic E-state index is 0.00915. The Morgan fingerprint density at radius 1 is 0.329 bits per heavy atom. The smallest absolute Gasteiger partial charge is 0.491 e. The van der Waals surface area contributed by atoms with E-state index in [2.05, 4.69) is 0 Å². The molecule has 0 N–H and O–H groups in total. The molecule has 82 heavy (non-hydrogen) atoms. The molecule has 0 amide bonds. The predicted molar refractivity (Wildman–Crippen MR) is 283 cm³/mol. The van der Waals surface area contributed by atoms with Crippen LogP contribution in [-0.2, 0) is 56.5 Å². The summed E-state index contributed by atoms with van der Waals surface area (Å²) in [5.74, 6) is -7.13. The second-order valence-corrected chi connectivity index (χ2v) is 18.8. The first kappa shape index (κ1) is 57.4. The predicted octanol–water partition coefficient (Wildman–Crippen LogP) is 7.70. The van der Waals surface area contributed by atoms with Crippen LogP contribution in [0.5, 0.6) is 0 Å². The number of rotatable bonds is 20. The molecule has 418 valence electrons. The molecule has 0 radical (unpaired) electrons. The lowest BCUT2D eigenvalue weighted by Gasteiger charge is -2.48. The molecule has 2 heterocycles. The average Bonchev–Trinajstić information content (AvgIpc) is 3.67. The van der Waals surface area contributed by atoms with E-state index in [0.29, 0.717) is 0 Å². The largest absolute Gasteiger partial charge is 0.566 e. The minimum Gasteiger partial charge on any atom is -0.566 e. The van der Waals surface area contributed by atoms with Crippen LogP contribution < -0.4 is 4.89 Å². The monoisotopic (exact) mass is 1130 g/mol. The highest BCUT2D eigenvalue weighted by atomic mass is 31.1. The van der Waals surface area contributed by atoms with Gasteiger partial charge >= 0.3 is 50.0 Å². The van der Waals surface area contributed by atoms with Gasteiger partial charge in [0.1, 0.15) is 31.5 Å². The van der Waals surface area contributed by atoms with Crippen molar-refractivity contribution in [1.82, 2.24) is 0 Å². The fraction of sp³-hybridized carbons (Fsp3) is 0.197. The molecular weight excluding hydrogens is 1080 g/mol. The summed E-state index contributed by atoms with van der Waals surface area (Å²) in [4.78, 5) is 112. The van der Waals surface area contributed by atoms with E-state index in [0.717, 1.165) is 0 Å². The zero-order chi connectivity index (χ0) is 57.4. The third kappa shape index (κ3) is 14.7. The van der Waals surface area contributed by atoms with Gasteiger partial charge in [0.05, 0.1) is 38.9 Å². The third-order valence-corrected chi connectivity index (χ3v) is 13.1. The van der Waals surface area contributed by atoms with Crippen LogP contribution in [0, 0.1) is 0 Å². The fourth-order valence-corrected chi connectivity index (χ4v) is 9.08.